The van der Waals surface area contributed by atoms with Crippen molar-refractivity contribution in [2.75, 3.05) is 32.9 Å². The molecule has 0 aromatic carbocycles. The van der Waals surface area contributed by atoms with E-state index in [0.717, 1.165) is 25.5 Å². The van der Waals surface area contributed by atoms with E-state index in [1.165, 1.54) is 32.1 Å². The standard InChI is InChI=1S/C15H29N3O2.HI/c1-2-16-15(18-13-6-3-4-7-13)17-9-11-19-12-14-8-5-10-20-14;/h13-14H,2-12H2,1H3,(H2,16,17,18);1H. The van der Waals surface area contributed by atoms with E-state index < -0.39 is 0 Å². The van der Waals surface area contributed by atoms with Gasteiger partial charge in [0.2, 0.25) is 0 Å². The molecule has 2 N–H and O–H groups in total. The maximum atomic E-state index is 5.63. The molecule has 1 unspecified atom stereocenters. The summed E-state index contributed by atoms with van der Waals surface area (Å²) in [7, 11) is 0. The van der Waals surface area contributed by atoms with Crippen molar-refractivity contribution in [2.24, 2.45) is 4.99 Å². The van der Waals surface area contributed by atoms with Gasteiger partial charge in [0.1, 0.15) is 0 Å². The quantitative estimate of drug-likeness (QED) is 0.292. The van der Waals surface area contributed by atoms with Gasteiger partial charge in [0, 0.05) is 19.2 Å². The monoisotopic (exact) mass is 411 g/mol. The minimum atomic E-state index is 0. The Kier molecular flexibility index (Phi) is 10.4. The van der Waals surface area contributed by atoms with Gasteiger partial charge < -0.3 is 20.1 Å². The lowest BCUT2D eigenvalue weighted by atomic mass is 10.2. The molecule has 2 fully saturated rings. The fraction of sp³-hybridized carbons (Fsp3) is 0.933. The van der Waals surface area contributed by atoms with E-state index in [0.29, 0.717) is 31.9 Å². The summed E-state index contributed by atoms with van der Waals surface area (Å²) in [5.41, 5.74) is 0. The molecule has 1 heterocycles. The zero-order valence-electron chi connectivity index (χ0n) is 13.1. The van der Waals surface area contributed by atoms with Crippen LogP contribution in [-0.2, 0) is 9.47 Å². The number of halogens is 1. The summed E-state index contributed by atoms with van der Waals surface area (Å²) in [6.07, 6.45) is 7.81. The van der Waals surface area contributed by atoms with Crippen LogP contribution in [0.3, 0.4) is 0 Å². The predicted molar refractivity (Wildman–Crippen MR) is 96.6 cm³/mol. The van der Waals surface area contributed by atoms with Crippen LogP contribution in [0, 0.1) is 0 Å². The number of nitrogens with zero attached hydrogens (tertiary/aromatic N) is 1. The van der Waals surface area contributed by atoms with Crippen molar-refractivity contribution in [3.8, 4) is 0 Å². The molecule has 2 aliphatic rings. The first-order valence-corrected chi connectivity index (χ1v) is 8.12. The fourth-order valence-corrected chi connectivity index (χ4v) is 2.80. The van der Waals surface area contributed by atoms with Gasteiger partial charge in [-0.15, -0.1) is 24.0 Å². The van der Waals surface area contributed by atoms with E-state index >= 15 is 0 Å². The molecular formula is C15H30IN3O2. The molecule has 0 bridgehead atoms. The van der Waals surface area contributed by atoms with Crippen molar-refractivity contribution >= 4 is 29.9 Å². The average molecular weight is 411 g/mol. The van der Waals surface area contributed by atoms with Crippen LogP contribution < -0.4 is 10.6 Å². The molecule has 21 heavy (non-hydrogen) atoms. The van der Waals surface area contributed by atoms with E-state index in [2.05, 4.69) is 22.5 Å². The summed E-state index contributed by atoms with van der Waals surface area (Å²) in [6.45, 7) is 5.97. The molecule has 1 aliphatic carbocycles. The van der Waals surface area contributed by atoms with Gasteiger partial charge in [0.15, 0.2) is 5.96 Å². The fourth-order valence-electron chi connectivity index (χ4n) is 2.80. The molecule has 6 heteroatoms. The number of hydrogen-bond acceptors (Lipinski definition) is 3. The molecule has 1 saturated heterocycles. The molecule has 0 spiro atoms. The zero-order chi connectivity index (χ0) is 14.0. The number of hydrogen-bond donors (Lipinski definition) is 2. The molecule has 1 saturated carbocycles. The normalized spacial score (nSPS) is 23.1. The van der Waals surface area contributed by atoms with Crippen molar-refractivity contribution in [3.05, 3.63) is 0 Å². The van der Waals surface area contributed by atoms with Gasteiger partial charge in [-0.05, 0) is 32.6 Å². The number of ether oxygens (including phenoxy) is 2. The van der Waals surface area contributed by atoms with Crippen LogP contribution in [0.5, 0.6) is 0 Å². The highest BCUT2D eigenvalue weighted by molar-refractivity contribution is 14.0. The van der Waals surface area contributed by atoms with Gasteiger partial charge >= 0.3 is 0 Å². The summed E-state index contributed by atoms with van der Waals surface area (Å²) in [5.74, 6) is 0.931. The molecule has 1 aliphatic heterocycles. The Bertz CT molecular complexity index is 291. The van der Waals surface area contributed by atoms with E-state index in [-0.39, 0.29) is 24.0 Å². The predicted octanol–water partition coefficient (Wildman–Crippen LogP) is 2.30. The van der Waals surface area contributed by atoms with E-state index in [4.69, 9.17) is 9.47 Å². The second kappa shape index (κ2) is 11.5. The molecule has 124 valence electrons. The highest BCUT2D eigenvalue weighted by atomic mass is 127. The van der Waals surface area contributed by atoms with Gasteiger partial charge in [-0.1, -0.05) is 12.8 Å². The maximum absolute atomic E-state index is 5.63. The average Bonchev–Trinajstić information content (AvgIpc) is 3.11. The van der Waals surface area contributed by atoms with Crippen LogP contribution >= 0.6 is 24.0 Å². The lowest BCUT2D eigenvalue weighted by Crippen LogP contribution is -2.42. The summed E-state index contributed by atoms with van der Waals surface area (Å²) in [4.78, 5) is 4.57. The highest BCUT2D eigenvalue weighted by Crippen LogP contribution is 2.17. The Balaban J connectivity index is 0.00000220. The van der Waals surface area contributed by atoms with Gasteiger partial charge in [0.25, 0.3) is 0 Å². The Morgan fingerprint density at radius 2 is 2.05 bits per heavy atom. The Labute approximate surface area is 145 Å². The van der Waals surface area contributed by atoms with Crippen LogP contribution in [0.2, 0.25) is 0 Å². The van der Waals surface area contributed by atoms with Gasteiger partial charge in [0.05, 0.1) is 25.9 Å². The largest absolute Gasteiger partial charge is 0.377 e. The molecule has 2 rings (SSSR count). The van der Waals surface area contributed by atoms with Crippen LogP contribution in [0.25, 0.3) is 0 Å². The third-order valence-electron chi connectivity index (χ3n) is 3.87. The first-order chi connectivity index (χ1) is 9.88. The second-order valence-corrected chi connectivity index (χ2v) is 5.60. The summed E-state index contributed by atoms with van der Waals surface area (Å²) in [6, 6.07) is 0.598. The van der Waals surface area contributed by atoms with E-state index in [1.54, 1.807) is 0 Å². The highest BCUT2D eigenvalue weighted by Gasteiger charge is 2.16. The van der Waals surface area contributed by atoms with Gasteiger partial charge in [-0.3, -0.25) is 4.99 Å². The topological polar surface area (TPSA) is 54.9 Å². The van der Waals surface area contributed by atoms with Gasteiger partial charge in [-0.2, -0.15) is 0 Å². The van der Waals surface area contributed by atoms with Crippen molar-refractivity contribution in [1.82, 2.24) is 10.6 Å². The van der Waals surface area contributed by atoms with E-state index in [9.17, 15) is 0 Å². The van der Waals surface area contributed by atoms with Crippen LogP contribution in [0.4, 0.5) is 0 Å². The lowest BCUT2D eigenvalue weighted by Gasteiger charge is -2.16. The zero-order valence-corrected chi connectivity index (χ0v) is 15.4. The minimum Gasteiger partial charge on any atom is -0.377 e. The molecule has 0 aromatic heterocycles. The summed E-state index contributed by atoms with van der Waals surface area (Å²) < 4.78 is 11.2. The van der Waals surface area contributed by atoms with Crippen molar-refractivity contribution in [2.45, 2.75) is 57.6 Å². The van der Waals surface area contributed by atoms with Crippen LogP contribution in [-0.4, -0.2) is 51.0 Å². The lowest BCUT2D eigenvalue weighted by molar-refractivity contribution is 0.0200. The number of nitrogens with one attached hydrogen (secondary N) is 2. The summed E-state index contributed by atoms with van der Waals surface area (Å²) >= 11 is 0. The third kappa shape index (κ3) is 7.65. The number of rotatable bonds is 7. The smallest absolute Gasteiger partial charge is 0.191 e. The summed E-state index contributed by atoms with van der Waals surface area (Å²) in [5, 5.41) is 6.81. The first-order valence-electron chi connectivity index (χ1n) is 8.12. The Morgan fingerprint density at radius 1 is 1.24 bits per heavy atom. The minimum absolute atomic E-state index is 0. The molecule has 5 nitrogen and oxygen atoms in total. The molecule has 1 atom stereocenters. The van der Waals surface area contributed by atoms with E-state index in [1.807, 2.05) is 0 Å². The van der Waals surface area contributed by atoms with Crippen molar-refractivity contribution in [3.63, 3.8) is 0 Å². The maximum Gasteiger partial charge on any atom is 0.191 e. The first kappa shape index (κ1) is 19.0. The van der Waals surface area contributed by atoms with Crippen LogP contribution in [0.15, 0.2) is 4.99 Å². The second-order valence-electron chi connectivity index (χ2n) is 5.60. The molecular weight excluding hydrogens is 381 g/mol. The number of guanidine groups is 1. The molecule has 0 amide bonds. The Morgan fingerprint density at radius 3 is 2.71 bits per heavy atom. The third-order valence-corrected chi connectivity index (χ3v) is 3.87. The van der Waals surface area contributed by atoms with Crippen LogP contribution in [0.1, 0.15) is 45.4 Å². The Hall–Kier alpha value is -0.0800. The molecule has 0 aromatic rings. The van der Waals surface area contributed by atoms with Crippen molar-refractivity contribution in [1.29, 1.82) is 0 Å². The van der Waals surface area contributed by atoms with Gasteiger partial charge in [-0.25, -0.2) is 0 Å². The van der Waals surface area contributed by atoms with Crippen molar-refractivity contribution < 1.29 is 9.47 Å². The molecule has 0 radical (unpaired) electrons. The number of aliphatic imine (C=N–C) groups is 1. The SMILES string of the molecule is CCNC(=NCCOCC1CCCO1)NC1CCCC1.I.